The van der Waals surface area contributed by atoms with Crippen LogP contribution in [-0.2, 0) is 9.59 Å². The Bertz CT molecular complexity index is 299. The van der Waals surface area contributed by atoms with Crippen molar-refractivity contribution in [3.63, 3.8) is 0 Å². The minimum Gasteiger partial charge on any atom is -0.351 e. The lowest BCUT2D eigenvalue weighted by atomic mass is 9.84. The molecule has 16 heavy (non-hydrogen) atoms. The summed E-state index contributed by atoms with van der Waals surface area (Å²) in [5, 5.41) is 5.71. The van der Waals surface area contributed by atoms with Gasteiger partial charge in [-0.2, -0.15) is 0 Å². The quantitative estimate of drug-likeness (QED) is 0.742. The molecule has 0 aromatic heterocycles. The van der Waals surface area contributed by atoms with Crippen LogP contribution in [0.2, 0.25) is 0 Å². The van der Waals surface area contributed by atoms with Crippen LogP contribution in [0.25, 0.3) is 0 Å². The zero-order chi connectivity index (χ0) is 11.7. The maximum atomic E-state index is 11.7. The number of hydrogen-bond acceptors (Lipinski definition) is 2. The Labute approximate surface area is 96.2 Å². The average molecular weight is 224 g/mol. The van der Waals surface area contributed by atoms with Crippen LogP contribution in [0.4, 0.5) is 0 Å². The molecule has 0 spiro atoms. The first-order chi connectivity index (χ1) is 7.58. The lowest BCUT2D eigenvalue weighted by molar-refractivity contribution is -0.132. The van der Waals surface area contributed by atoms with Crippen molar-refractivity contribution >= 4 is 11.8 Å². The highest BCUT2D eigenvalue weighted by Crippen LogP contribution is 2.29. The summed E-state index contributed by atoms with van der Waals surface area (Å²) < 4.78 is 0. The Morgan fingerprint density at radius 2 is 1.94 bits per heavy atom. The second-order valence-electron chi connectivity index (χ2n) is 5.19. The lowest BCUT2D eigenvalue weighted by Gasteiger charge is -2.25. The summed E-state index contributed by atoms with van der Waals surface area (Å²) in [6.07, 6.45) is 4.15. The fourth-order valence-corrected chi connectivity index (χ4v) is 1.90. The third-order valence-electron chi connectivity index (χ3n) is 3.67. The molecule has 90 valence electrons. The average Bonchev–Trinajstić information content (AvgIpc) is 2.78. The molecule has 2 aliphatic carbocycles. The van der Waals surface area contributed by atoms with E-state index in [4.69, 9.17) is 0 Å². The maximum absolute atomic E-state index is 11.7. The highest BCUT2D eigenvalue weighted by Gasteiger charge is 2.35. The van der Waals surface area contributed by atoms with E-state index in [0.717, 1.165) is 25.7 Å². The number of carbonyl (C=O) groups is 2. The fourth-order valence-electron chi connectivity index (χ4n) is 1.90. The number of amides is 2. The van der Waals surface area contributed by atoms with Gasteiger partial charge < -0.3 is 10.6 Å². The molecule has 0 aliphatic heterocycles. The maximum Gasteiger partial charge on any atom is 0.242 e. The topological polar surface area (TPSA) is 58.2 Å². The first kappa shape index (κ1) is 11.4. The van der Waals surface area contributed by atoms with Gasteiger partial charge in [-0.3, -0.25) is 9.59 Å². The van der Waals surface area contributed by atoms with E-state index in [2.05, 4.69) is 17.6 Å². The molecule has 0 aromatic rings. The van der Waals surface area contributed by atoms with E-state index >= 15 is 0 Å². The minimum atomic E-state index is -0.402. The highest BCUT2D eigenvalue weighted by molar-refractivity contribution is 5.88. The van der Waals surface area contributed by atoms with Gasteiger partial charge >= 0.3 is 0 Å². The van der Waals surface area contributed by atoms with Crippen LogP contribution in [0.15, 0.2) is 0 Å². The van der Waals surface area contributed by atoms with E-state index in [0.29, 0.717) is 12.0 Å². The van der Waals surface area contributed by atoms with Crippen molar-refractivity contribution in [3.8, 4) is 0 Å². The molecule has 0 heterocycles. The van der Waals surface area contributed by atoms with E-state index in [1.807, 2.05) is 0 Å². The third kappa shape index (κ3) is 2.54. The van der Waals surface area contributed by atoms with Gasteiger partial charge in [0.1, 0.15) is 6.04 Å². The van der Waals surface area contributed by atoms with Crippen molar-refractivity contribution in [2.24, 2.45) is 11.8 Å². The van der Waals surface area contributed by atoms with E-state index in [-0.39, 0.29) is 17.7 Å². The molecule has 2 N–H and O–H groups in total. The van der Waals surface area contributed by atoms with Gasteiger partial charge in [-0.05, 0) is 32.1 Å². The molecule has 4 heteroatoms. The van der Waals surface area contributed by atoms with E-state index < -0.39 is 6.04 Å². The molecule has 2 fully saturated rings. The van der Waals surface area contributed by atoms with E-state index in [9.17, 15) is 9.59 Å². The van der Waals surface area contributed by atoms with Crippen LogP contribution in [0.5, 0.6) is 0 Å². The number of nitrogens with one attached hydrogen (secondary N) is 2. The van der Waals surface area contributed by atoms with Crippen LogP contribution in [0.1, 0.15) is 39.5 Å². The van der Waals surface area contributed by atoms with Gasteiger partial charge in [0, 0.05) is 12.0 Å². The van der Waals surface area contributed by atoms with Crippen LogP contribution < -0.4 is 10.6 Å². The predicted molar refractivity (Wildman–Crippen MR) is 60.7 cm³/mol. The van der Waals surface area contributed by atoms with Gasteiger partial charge in [-0.15, -0.1) is 0 Å². The Morgan fingerprint density at radius 3 is 2.38 bits per heavy atom. The zero-order valence-corrected chi connectivity index (χ0v) is 9.95. The molecule has 2 rings (SSSR count). The number of hydrogen-bond donors (Lipinski definition) is 2. The molecule has 2 saturated carbocycles. The van der Waals surface area contributed by atoms with Crippen molar-refractivity contribution < 1.29 is 9.59 Å². The second-order valence-corrected chi connectivity index (χ2v) is 5.19. The minimum absolute atomic E-state index is 0.0396. The first-order valence-corrected chi connectivity index (χ1v) is 6.18. The van der Waals surface area contributed by atoms with E-state index in [1.165, 1.54) is 0 Å². The summed E-state index contributed by atoms with van der Waals surface area (Å²) in [6, 6.07) is -0.0727. The monoisotopic (exact) mass is 224 g/mol. The summed E-state index contributed by atoms with van der Waals surface area (Å²) in [6.45, 7) is 3.86. The molecule has 0 unspecified atom stereocenters. The zero-order valence-electron chi connectivity index (χ0n) is 9.95. The van der Waals surface area contributed by atoms with Crippen molar-refractivity contribution in [3.05, 3.63) is 0 Å². The summed E-state index contributed by atoms with van der Waals surface area (Å²) in [5.74, 6) is 0.730. The van der Waals surface area contributed by atoms with Gasteiger partial charge in [-0.1, -0.05) is 13.3 Å². The van der Waals surface area contributed by atoms with Gasteiger partial charge in [0.05, 0.1) is 0 Å². The Balaban J connectivity index is 1.71. The predicted octanol–water partition coefficient (Wildman–Crippen LogP) is 0.816. The molecule has 0 radical (unpaired) electrons. The van der Waals surface area contributed by atoms with Gasteiger partial charge in [0.25, 0.3) is 0 Å². The number of rotatable bonds is 4. The van der Waals surface area contributed by atoms with Crippen molar-refractivity contribution in [1.82, 2.24) is 10.6 Å². The Kier molecular flexibility index (Phi) is 3.17. The van der Waals surface area contributed by atoms with Gasteiger partial charge in [-0.25, -0.2) is 0 Å². The van der Waals surface area contributed by atoms with Crippen LogP contribution in [0, 0.1) is 11.8 Å². The Morgan fingerprint density at radius 1 is 1.31 bits per heavy atom. The van der Waals surface area contributed by atoms with Crippen LogP contribution in [0.3, 0.4) is 0 Å². The van der Waals surface area contributed by atoms with Gasteiger partial charge in [0.15, 0.2) is 0 Å². The summed E-state index contributed by atoms with van der Waals surface area (Å²) in [5.41, 5.74) is 0. The molecule has 3 atom stereocenters. The van der Waals surface area contributed by atoms with Crippen LogP contribution in [-0.4, -0.2) is 23.9 Å². The molecule has 0 aromatic carbocycles. The number of carbonyl (C=O) groups excluding carboxylic acids is 2. The second kappa shape index (κ2) is 4.44. The first-order valence-electron chi connectivity index (χ1n) is 6.18. The van der Waals surface area contributed by atoms with Crippen molar-refractivity contribution in [2.75, 3.05) is 0 Å². The highest BCUT2D eigenvalue weighted by atomic mass is 16.2. The normalized spacial score (nSPS) is 30.1. The molecule has 0 bridgehead atoms. The van der Waals surface area contributed by atoms with E-state index in [1.54, 1.807) is 6.92 Å². The van der Waals surface area contributed by atoms with Crippen molar-refractivity contribution in [1.29, 1.82) is 0 Å². The fraction of sp³-hybridized carbons (Fsp3) is 0.833. The molecule has 0 saturated heterocycles. The summed E-state index contributed by atoms with van der Waals surface area (Å²) in [4.78, 5) is 23.3. The largest absolute Gasteiger partial charge is 0.351 e. The summed E-state index contributed by atoms with van der Waals surface area (Å²) >= 11 is 0. The smallest absolute Gasteiger partial charge is 0.242 e. The summed E-state index contributed by atoms with van der Waals surface area (Å²) in [7, 11) is 0. The van der Waals surface area contributed by atoms with Crippen molar-refractivity contribution in [2.45, 2.75) is 51.6 Å². The standard InChI is InChI=1S/C12H20N2O2/c1-7-6-10(7)14-11(15)8(2)13-12(16)9-4-3-5-9/h7-10H,3-6H2,1-2H3,(H,13,16)(H,14,15)/t7-,8+,10+/m1/s1. The Hall–Kier alpha value is -1.06. The third-order valence-corrected chi connectivity index (χ3v) is 3.67. The molecule has 2 amide bonds. The lowest BCUT2D eigenvalue weighted by Crippen LogP contribution is -2.48. The molecule has 2 aliphatic rings. The van der Waals surface area contributed by atoms with Crippen LogP contribution >= 0.6 is 0 Å². The SMILES string of the molecule is C[C@H](NC(=O)C1CCC1)C(=O)N[C@H]1C[C@H]1C. The molecular weight excluding hydrogens is 204 g/mol. The molecule has 4 nitrogen and oxygen atoms in total. The molecular formula is C12H20N2O2. The van der Waals surface area contributed by atoms with Gasteiger partial charge in [0.2, 0.25) is 11.8 Å².